The standard InChI is InChI=1S/C14H17FN2O3S/c1-10(18)11-4-6-17(7-5-11)21(19,20)13-2-3-14(15)12(8-13)9-16/h2-3,8,10-11,18H,4-7H2,1H3. The predicted octanol–water partition coefficient (Wildman–Crippen LogP) is 1.48. The molecule has 1 saturated heterocycles. The van der Waals surface area contributed by atoms with Crippen molar-refractivity contribution >= 4 is 10.0 Å². The van der Waals surface area contributed by atoms with E-state index in [1.54, 1.807) is 13.0 Å². The van der Waals surface area contributed by atoms with Crippen molar-refractivity contribution in [3.63, 3.8) is 0 Å². The van der Waals surface area contributed by atoms with Crippen molar-refractivity contribution in [2.45, 2.75) is 30.8 Å². The number of halogens is 1. The Hall–Kier alpha value is -1.49. The smallest absolute Gasteiger partial charge is 0.243 e. The van der Waals surface area contributed by atoms with Crippen LogP contribution in [0.1, 0.15) is 25.3 Å². The fourth-order valence-corrected chi connectivity index (χ4v) is 3.99. The number of nitriles is 1. The van der Waals surface area contributed by atoms with E-state index in [1.807, 2.05) is 0 Å². The molecular formula is C14H17FN2O3S. The number of hydrogen-bond acceptors (Lipinski definition) is 4. The van der Waals surface area contributed by atoms with E-state index in [1.165, 1.54) is 10.4 Å². The Kier molecular flexibility index (Phi) is 4.61. The van der Waals surface area contributed by atoms with Gasteiger partial charge in [-0.15, -0.1) is 0 Å². The number of sulfonamides is 1. The highest BCUT2D eigenvalue weighted by Gasteiger charge is 2.31. The molecule has 0 aromatic heterocycles. The fraction of sp³-hybridized carbons (Fsp3) is 0.500. The third-order valence-corrected chi connectivity index (χ3v) is 5.77. The third-order valence-electron chi connectivity index (χ3n) is 3.88. The molecule has 1 aromatic rings. The second-order valence-electron chi connectivity index (χ2n) is 5.24. The molecule has 0 saturated carbocycles. The Morgan fingerprint density at radius 1 is 1.43 bits per heavy atom. The van der Waals surface area contributed by atoms with Crippen molar-refractivity contribution in [1.29, 1.82) is 5.26 Å². The van der Waals surface area contributed by atoms with E-state index < -0.39 is 21.9 Å². The molecule has 1 N–H and O–H groups in total. The zero-order valence-corrected chi connectivity index (χ0v) is 12.5. The first-order chi connectivity index (χ1) is 9.86. The van der Waals surface area contributed by atoms with Crippen LogP contribution in [-0.4, -0.2) is 37.0 Å². The minimum absolute atomic E-state index is 0.0732. The summed E-state index contributed by atoms with van der Waals surface area (Å²) in [6.45, 7) is 2.34. The highest BCUT2D eigenvalue weighted by Crippen LogP contribution is 2.26. The maximum atomic E-state index is 13.3. The van der Waals surface area contributed by atoms with Gasteiger partial charge >= 0.3 is 0 Å². The SMILES string of the molecule is CC(O)C1CCN(S(=O)(=O)c2ccc(F)c(C#N)c2)CC1. The van der Waals surface area contributed by atoms with Crippen molar-refractivity contribution in [3.05, 3.63) is 29.6 Å². The van der Waals surface area contributed by atoms with E-state index in [0.717, 1.165) is 12.1 Å². The zero-order chi connectivity index (χ0) is 15.6. The highest BCUT2D eigenvalue weighted by molar-refractivity contribution is 7.89. The van der Waals surface area contributed by atoms with Gasteiger partial charge in [0, 0.05) is 13.1 Å². The average molecular weight is 312 g/mol. The summed E-state index contributed by atoms with van der Waals surface area (Å²) in [6.07, 6.45) is 0.720. The normalized spacial score (nSPS) is 19.1. The summed E-state index contributed by atoms with van der Waals surface area (Å²) in [5, 5.41) is 18.3. The molecule has 1 fully saturated rings. The van der Waals surface area contributed by atoms with Gasteiger partial charge < -0.3 is 5.11 Å². The van der Waals surface area contributed by atoms with Gasteiger partial charge in [0.25, 0.3) is 0 Å². The van der Waals surface area contributed by atoms with Crippen molar-refractivity contribution in [2.24, 2.45) is 5.92 Å². The van der Waals surface area contributed by atoms with E-state index in [9.17, 15) is 17.9 Å². The molecule has 0 radical (unpaired) electrons. The summed E-state index contributed by atoms with van der Waals surface area (Å²) in [4.78, 5) is -0.0732. The van der Waals surface area contributed by atoms with Gasteiger partial charge in [0.2, 0.25) is 10.0 Å². The number of aliphatic hydroxyl groups excluding tert-OH is 1. The Bertz CT molecular complexity index is 659. The van der Waals surface area contributed by atoms with Crippen LogP contribution in [0.2, 0.25) is 0 Å². The number of piperidine rings is 1. The van der Waals surface area contributed by atoms with Gasteiger partial charge in [0.1, 0.15) is 11.9 Å². The molecule has 1 unspecified atom stereocenters. The van der Waals surface area contributed by atoms with E-state index in [4.69, 9.17) is 5.26 Å². The molecule has 7 heteroatoms. The Morgan fingerprint density at radius 2 is 2.05 bits per heavy atom. The van der Waals surface area contributed by atoms with Crippen LogP contribution < -0.4 is 0 Å². The van der Waals surface area contributed by atoms with Gasteiger partial charge in [-0.1, -0.05) is 0 Å². The number of rotatable bonds is 3. The first-order valence-corrected chi connectivity index (χ1v) is 8.18. The van der Waals surface area contributed by atoms with Crippen LogP contribution in [0.15, 0.2) is 23.1 Å². The number of hydrogen-bond donors (Lipinski definition) is 1. The molecular weight excluding hydrogens is 295 g/mol. The lowest BCUT2D eigenvalue weighted by molar-refractivity contribution is 0.0912. The van der Waals surface area contributed by atoms with E-state index in [-0.39, 0.29) is 16.4 Å². The monoisotopic (exact) mass is 312 g/mol. The molecule has 1 aliphatic heterocycles. The first-order valence-electron chi connectivity index (χ1n) is 6.74. The molecule has 1 aromatic carbocycles. The molecule has 1 heterocycles. The van der Waals surface area contributed by atoms with E-state index in [2.05, 4.69) is 0 Å². The summed E-state index contributed by atoms with van der Waals surface area (Å²) in [5.41, 5.74) is -0.282. The van der Waals surface area contributed by atoms with Gasteiger partial charge in [-0.3, -0.25) is 0 Å². The molecule has 5 nitrogen and oxygen atoms in total. The van der Waals surface area contributed by atoms with E-state index in [0.29, 0.717) is 25.9 Å². The van der Waals surface area contributed by atoms with Gasteiger partial charge in [-0.25, -0.2) is 12.8 Å². The molecule has 21 heavy (non-hydrogen) atoms. The Balaban J connectivity index is 2.22. The highest BCUT2D eigenvalue weighted by atomic mass is 32.2. The lowest BCUT2D eigenvalue weighted by Crippen LogP contribution is -2.40. The molecule has 0 aliphatic carbocycles. The molecule has 114 valence electrons. The van der Waals surface area contributed by atoms with Crippen LogP contribution in [0.4, 0.5) is 4.39 Å². The Morgan fingerprint density at radius 3 is 2.57 bits per heavy atom. The number of nitrogens with zero attached hydrogens (tertiary/aromatic N) is 2. The fourth-order valence-electron chi connectivity index (χ4n) is 2.50. The summed E-state index contributed by atoms with van der Waals surface area (Å²) in [6, 6.07) is 4.87. The molecule has 1 aliphatic rings. The van der Waals surface area contributed by atoms with Crippen molar-refractivity contribution in [3.8, 4) is 6.07 Å². The van der Waals surface area contributed by atoms with E-state index >= 15 is 0 Å². The minimum atomic E-state index is -3.73. The van der Waals surface area contributed by atoms with Crippen LogP contribution >= 0.6 is 0 Å². The lowest BCUT2D eigenvalue weighted by Gasteiger charge is -2.32. The molecule has 1 atom stereocenters. The molecule has 0 spiro atoms. The van der Waals surface area contributed by atoms with Crippen molar-refractivity contribution < 1.29 is 17.9 Å². The second kappa shape index (κ2) is 6.10. The number of aliphatic hydroxyl groups is 1. The van der Waals surface area contributed by atoms with Crippen LogP contribution in [0.3, 0.4) is 0 Å². The molecule has 0 bridgehead atoms. The first kappa shape index (κ1) is 15.9. The van der Waals surface area contributed by atoms with Crippen LogP contribution in [0.25, 0.3) is 0 Å². The summed E-state index contributed by atoms with van der Waals surface area (Å²) >= 11 is 0. The quantitative estimate of drug-likeness (QED) is 0.916. The topological polar surface area (TPSA) is 81.4 Å². The minimum Gasteiger partial charge on any atom is -0.393 e. The maximum absolute atomic E-state index is 13.3. The van der Waals surface area contributed by atoms with Crippen molar-refractivity contribution in [1.82, 2.24) is 4.31 Å². The maximum Gasteiger partial charge on any atom is 0.243 e. The van der Waals surface area contributed by atoms with Crippen molar-refractivity contribution in [2.75, 3.05) is 13.1 Å². The summed E-state index contributed by atoms with van der Waals surface area (Å²) in [5.74, 6) is -0.636. The summed E-state index contributed by atoms with van der Waals surface area (Å²) < 4.78 is 39.6. The third kappa shape index (κ3) is 3.23. The van der Waals surface area contributed by atoms with Gasteiger partial charge in [-0.2, -0.15) is 9.57 Å². The van der Waals surface area contributed by atoms with Gasteiger partial charge in [0.05, 0.1) is 16.6 Å². The predicted molar refractivity (Wildman–Crippen MR) is 74.3 cm³/mol. The van der Waals surface area contributed by atoms with Crippen LogP contribution in [-0.2, 0) is 10.0 Å². The number of benzene rings is 1. The average Bonchev–Trinajstić information content (AvgIpc) is 2.47. The van der Waals surface area contributed by atoms with Crippen LogP contribution in [0, 0.1) is 23.1 Å². The molecule has 2 rings (SSSR count). The van der Waals surface area contributed by atoms with Crippen LogP contribution in [0.5, 0.6) is 0 Å². The Labute approximate surface area is 123 Å². The second-order valence-corrected chi connectivity index (χ2v) is 7.17. The van der Waals surface area contributed by atoms with Gasteiger partial charge in [-0.05, 0) is 43.9 Å². The van der Waals surface area contributed by atoms with Gasteiger partial charge in [0.15, 0.2) is 0 Å². The largest absolute Gasteiger partial charge is 0.393 e. The zero-order valence-electron chi connectivity index (χ0n) is 11.7. The molecule has 0 amide bonds. The lowest BCUT2D eigenvalue weighted by atomic mass is 9.93. The summed E-state index contributed by atoms with van der Waals surface area (Å²) in [7, 11) is -3.73.